The Morgan fingerprint density at radius 2 is 1.25 bits per heavy atom. The van der Waals surface area contributed by atoms with E-state index in [2.05, 4.69) is 20.8 Å². The molecule has 3 N–H and O–H groups in total. The van der Waals surface area contributed by atoms with Crippen molar-refractivity contribution in [3.05, 3.63) is 12.2 Å². The molecule has 0 bridgehead atoms. The Kier molecular flexibility index (Phi) is 44.0. The van der Waals surface area contributed by atoms with Crippen LogP contribution < -0.4 is 0 Å². The molecule has 0 aromatic rings. The first-order chi connectivity index (χ1) is 11.4. The van der Waals surface area contributed by atoms with E-state index < -0.39 is 0 Å². The van der Waals surface area contributed by atoms with Crippen LogP contribution in [0.25, 0.3) is 0 Å². The third-order valence-electron chi connectivity index (χ3n) is 2.12. The highest BCUT2D eigenvalue weighted by Crippen LogP contribution is 2.00. The zero-order valence-electron chi connectivity index (χ0n) is 16.0. The molecule has 0 aliphatic rings. The number of ether oxygens (including phenoxy) is 3. The molecule has 0 atom stereocenters. The van der Waals surface area contributed by atoms with Gasteiger partial charge in [-0.1, -0.05) is 12.6 Å². The molecule has 0 unspecified atom stereocenters. The SMILES string of the molecule is C=C(C)C(=O)CCC[SiH3].COCCO.COCCO.COCCO. The lowest BCUT2D eigenvalue weighted by atomic mass is 10.1. The number of aliphatic hydroxyl groups is 3. The first kappa shape index (κ1) is 31.2. The van der Waals surface area contributed by atoms with Gasteiger partial charge in [-0.15, -0.1) is 0 Å². The van der Waals surface area contributed by atoms with Gasteiger partial charge in [-0.05, 0) is 18.9 Å². The van der Waals surface area contributed by atoms with E-state index in [4.69, 9.17) is 15.3 Å². The molecule has 0 radical (unpaired) electrons. The molecular weight excluding hydrogens is 332 g/mol. The summed E-state index contributed by atoms with van der Waals surface area (Å²) < 4.78 is 13.3. The van der Waals surface area contributed by atoms with E-state index >= 15 is 0 Å². The van der Waals surface area contributed by atoms with Crippen molar-refractivity contribution in [1.29, 1.82) is 0 Å². The van der Waals surface area contributed by atoms with Crippen molar-refractivity contribution in [1.82, 2.24) is 0 Å². The first-order valence-corrected chi connectivity index (χ1v) is 9.32. The molecule has 0 spiro atoms. The van der Waals surface area contributed by atoms with Crippen molar-refractivity contribution in [2.45, 2.75) is 25.8 Å². The highest BCUT2D eigenvalue weighted by atomic mass is 28.1. The molecule has 0 rings (SSSR count). The quantitative estimate of drug-likeness (QED) is 0.354. The average Bonchev–Trinajstić information content (AvgIpc) is 2.56. The highest BCUT2D eigenvalue weighted by Gasteiger charge is 1.98. The van der Waals surface area contributed by atoms with Crippen LogP contribution >= 0.6 is 0 Å². The molecule has 24 heavy (non-hydrogen) atoms. The smallest absolute Gasteiger partial charge is 0.157 e. The Hall–Kier alpha value is -0.613. The number of allylic oxidation sites excluding steroid dienone is 1. The van der Waals surface area contributed by atoms with E-state index in [9.17, 15) is 4.79 Å². The van der Waals surface area contributed by atoms with Crippen LogP contribution in [0.5, 0.6) is 0 Å². The van der Waals surface area contributed by atoms with Crippen LogP contribution in [-0.4, -0.2) is 92.3 Å². The molecule has 0 saturated heterocycles. The van der Waals surface area contributed by atoms with Crippen LogP contribution in [0, 0.1) is 0 Å². The zero-order chi connectivity index (χ0) is 19.6. The standard InChI is InChI=1S/C7H14OSi.3C3H8O2/c1-6(2)7(8)4-3-5-9;3*1-5-3-2-4/h1,3-5H2,2,9H3;3*4H,2-3H2,1H3. The van der Waals surface area contributed by atoms with Crippen molar-refractivity contribution in [3.8, 4) is 0 Å². The summed E-state index contributed by atoms with van der Waals surface area (Å²) in [6.07, 6.45) is 1.76. The normalized spacial score (nSPS) is 8.79. The maximum absolute atomic E-state index is 10.8. The fourth-order valence-electron chi connectivity index (χ4n) is 0.825. The zero-order valence-corrected chi connectivity index (χ0v) is 18.0. The van der Waals surface area contributed by atoms with Gasteiger partial charge < -0.3 is 29.5 Å². The number of carbonyl (C=O) groups excluding carboxylic acids is 1. The summed E-state index contributed by atoms with van der Waals surface area (Å²) in [5.41, 5.74) is 0.699. The minimum atomic E-state index is 0.122. The molecule has 0 amide bonds. The van der Waals surface area contributed by atoms with Crippen LogP contribution in [0.15, 0.2) is 12.2 Å². The fraction of sp³-hybridized carbons (Fsp3) is 0.812. The van der Waals surface area contributed by atoms with Crippen LogP contribution in [0.4, 0.5) is 0 Å². The van der Waals surface area contributed by atoms with Gasteiger partial charge >= 0.3 is 0 Å². The Balaban J connectivity index is -0.000000116. The molecule has 0 saturated carbocycles. The van der Waals surface area contributed by atoms with E-state index in [-0.39, 0.29) is 25.6 Å². The molecule has 8 heteroatoms. The van der Waals surface area contributed by atoms with Crippen molar-refractivity contribution in [2.75, 3.05) is 61.0 Å². The molecule has 148 valence electrons. The topological polar surface area (TPSA) is 105 Å². The summed E-state index contributed by atoms with van der Waals surface area (Å²) in [6, 6.07) is 1.22. The minimum Gasteiger partial charge on any atom is -0.394 e. The summed E-state index contributed by atoms with van der Waals surface area (Å²) in [7, 11) is 5.86. The molecule has 0 aromatic heterocycles. The van der Waals surface area contributed by atoms with E-state index in [1.54, 1.807) is 28.3 Å². The summed E-state index contributed by atoms with van der Waals surface area (Å²) in [6.45, 7) is 7.04. The predicted octanol–water partition coefficient (Wildman–Crippen LogP) is -0.429. The number of carbonyl (C=O) groups is 1. The lowest BCUT2D eigenvalue weighted by Crippen LogP contribution is -1.96. The average molecular weight is 371 g/mol. The Bertz CT molecular complexity index is 218. The number of methoxy groups -OCH3 is 3. The Morgan fingerprint density at radius 3 is 1.38 bits per heavy atom. The van der Waals surface area contributed by atoms with Crippen LogP contribution in [0.3, 0.4) is 0 Å². The Labute approximate surface area is 150 Å². The molecule has 0 fully saturated rings. The minimum absolute atomic E-state index is 0.122. The monoisotopic (exact) mass is 370 g/mol. The van der Waals surface area contributed by atoms with Gasteiger partial charge in [0.15, 0.2) is 5.78 Å². The van der Waals surface area contributed by atoms with E-state index in [1.165, 1.54) is 16.3 Å². The first-order valence-electron chi connectivity index (χ1n) is 7.91. The maximum Gasteiger partial charge on any atom is 0.157 e. The number of hydrogen-bond acceptors (Lipinski definition) is 7. The third-order valence-corrected chi connectivity index (χ3v) is 2.83. The highest BCUT2D eigenvalue weighted by molar-refractivity contribution is 6.08. The largest absolute Gasteiger partial charge is 0.394 e. The maximum atomic E-state index is 10.8. The van der Waals surface area contributed by atoms with E-state index in [0.29, 0.717) is 31.8 Å². The molecule has 0 aliphatic heterocycles. The molecule has 0 aromatic carbocycles. The van der Waals surface area contributed by atoms with Gasteiger partial charge in [-0.25, -0.2) is 0 Å². The van der Waals surface area contributed by atoms with E-state index in [0.717, 1.165) is 6.42 Å². The second kappa shape index (κ2) is 33.9. The summed E-state index contributed by atoms with van der Waals surface area (Å²) >= 11 is 0. The van der Waals surface area contributed by atoms with Crippen LogP contribution in [-0.2, 0) is 19.0 Å². The second-order valence-electron chi connectivity index (χ2n) is 4.46. The van der Waals surface area contributed by atoms with Crippen LogP contribution in [0.2, 0.25) is 6.04 Å². The predicted molar refractivity (Wildman–Crippen MR) is 101 cm³/mol. The van der Waals surface area contributed by atoms with Gasteiger partial charge in [0.2, 0.25) is 0 Å². The van der Waals surface area contributed by atoms with Gasteiger partial charge in [0.25, 0.3) is 0 Å². The van der Waals surface area contributed by atoms with Gasteiger partial charge in [-0.3, -0.25) is 4.79 Å². The molecule has 7 nitrogen and oxygen atoms in total. The number of aliphatic hydroxyl groups excluding tert-OH is 3. The van der Waals surface area contributed by atoms with Crippen molar-refractivity contribution in [2.24, 2.45) is 0 Å². The second-order valence-corrected chi connectivity index (χ2v) is 5.46. The summed E-state index contributed by atoms with van der Waals surface area (Å²) in [5, 5.41) is 23.8. The van der Waals surface area contributed by atoms with Gasteiger partial charge in [0, 0.05) is 38.0 Å². The van der Waals surface area contributed by atoms with Gasteiger partial charge in [0.1, 0.15) is 0 Å². The fourth-order valence-corrected chi connectivity index (χ4v) is 1.18. The summed E-state index contributed by atoms with van der Waals surface area (Å²) in [5.74, 6) is 0.228. The summed E-state index contributed by atoms with van der Waals surface area (Å²) in [4.78, 5) is 10.8. The van der Waals surface area contributed by atoms with Crippen molar-refractivity contribution < 1.29 is 34.3 Å². The Morgan fingerprint density at radius 1 is 0.917 bits per heavy atom. The molecular formula is C16H38O7Si. The van der Waals surface area contributed by atoms with Gasteiger partial charge in [-0.2, -0.15) is 0 Å². The van der Waals surface area contributed by atoms with Crippen LogP contribution in [0.1, 0.15) is 19.8 Å². The number of rotatable bonds is 10. The lowest BCUT2D eigenvalue weighted by Gasteiger charge is -1.94. The van der Waals surface area contributed by atoms with Crippen molar-refractivity contribution in [3.63, 3.8) is 0 Å². The number of hydrogen-bond donors (Lipinski definition) is 3. The number of ketones is 1. The van der Waals surface area contributed by atoms with Crippen molar-refractivity contribution >= 4 is 16.0 Å². The molecule has 0 aliphatic carbocycles. The van der Waals surface area contributed by atoms with Gasteiger partial charge in [0.05, 0.1) is 39.6 Å². The lowest BCUT2D eigenvalue weighted by molar-refractivity contribution is -0.115. The van der Waals surface area contributed by atoms with E-state index in [1.807, 2.05) is 0 Å². The third kappa shape index (κ3) is 49.6. The molecule has 0 heterocycles. The number of Topliss-reactive ketones (excluding diaryl/α,β-unsaturated/α-hetero) is 1.